The monoisotopic (exact) mass is 298 g/mol. The van der Waals surface area contributed by atoms with Crippen LogP contribution in [0.3, 0.4) is 0 Å². The van der Waals surface area contributed by atoms with Gasteiger partial charge in [0, 0.05) is 10.9 Å². The van der Waals surface area contributed by atoms with Crippen molar-refractivity contribution in [2.75, 3.05) is 5.73 Å². The normalized spacial score (nSPS) is 11.0. The van der Waals surface area contributed by atoms with Gasteiger partial charge in [-0.2, -0.15) is 5.10 Å². The number of hydrogen-bond donors (Lipinski definition) is 1. The summed E-state index contributed by atoms with van der Waals surface area (Å²) < 4.78 is 1.81. The molecule has 2 N–H and O–H groups in total. The average molecular weight is 298 g/mol. The summed E-state index contributed by atoms with van der Waals surface area (Å²) in [5.74, 6) is 0.712. The molecule has 3 rings (SSSR count). The number of aryl methyl sites for hydroxylation is 1. The lowest BCUT2D eigenvalue weighted by atomic mass is 10.1. The third kappa shape index (κ3) is 2.56. The van der Waals surface area contributed by atoms with Gasteiger partial charge in [0.1, 0.15) is 17.2 Å². The second-order valence-corrected chi connectivity index (χ2v) is 6.02. The molecule has 0 aliphatic heterocycles. The number of nitrogen functional groups attached to an aromatic ring is 1. The molecule has 3 aromatic rings. The largest absolute Gasteiger partial charge is 0.383 e. The van der Waals surface area contributed by atoms with E-state index in [4.69, 9.17) is 10.8 Å². The second kappa shape index (κ2) is 5.69. The fourth-order valence-electron chi connectivity index (χ4n) is 2.40. The van der Waals surface area contributed by atoms with Crippen molar-refractivity contribution in [1.29, 1.82) is 0 Å². The van der Waals surface area contributed by atoms with E-state index in [9.17, 15) is 0 Å². The van der Waals surface area contributed by atoms with Crippen LogP contribution in [0, 0.1) is 6.92 Å². The van der Waals surface area contributed by atoms with Crippen LogP contribution in [0.4, 0.5) is 5.82 Å². The highest BCUT2D eigenvalue weighted by Crippen LogP contribution is 2.30. The molecule has 0 aliphatic carbocycles. The van der Waals surface area contributed by atoms with E-state index in [0.29, 0.717) is 5.82 Å². The zero-order chi connectivity index (χ0) is 14.8. The number of nitrogens with zero attached hydrogens (tertiary/aromatic N) is 3. The lowest BCUT2D eigenvalue weighted by Crippen LogP contribution is -2.02. The maximum absolute atomic E-state index is 6.34. The molecular weight excluding hydrogens is 280 g/mol. The molecule has 0 radical (unpaired) electrons. The first-order chi connectivity index (χ1) is 10.2. The van der Waals surface area contributed by atoms with Gasteiger partial charge in [-0.05, 0) is 25.5 Å². The lowest BCUT2D eigenvalue weighted by Gasteiger charge is -2.04. The summed E-state index contributed by atoms with van der Waals surface area (Å²) in [6, 6.07) is 9.98. The second-order valence-electron chi connectivity index (χ2n) is 4.96. The topological polar surface area (TPSA) is 56.7 Å². The van der Waals surface area contributed by atoms with Crippen LogP contribution in [0.15, 0.2) is 35.7 Å². The SMILES string of the molecule is CCCc1c(-c2csc(C)n2)nn(-c2ccccc2)c1N. The Hall–Kier alpha value is -2.14. The number of nitrogens with two attached hydrogens (primary N) is 1. The van der Waals surface area contributed by atoms with E-state index < -0.39 is 0 Å². The number of hydrogen-bond acceptors (Lipinski definition) is 4. The molecule has 108 valence electrons. The molecule has 0 unspecified atom stereocenters. The van der Waals surface area contributed by atoms with Crippen molar-refractivity contribution in [2.45, 2.75) is 26.7 Å². The molecule has 2 heterocycles. The highest BCUT2D eigenvalue weighted by Gasteiger charge is 2.19. The van der Waals surface area contributed by atoms with Gasteiger partial charge in [0.25, 0.3) is 0 Å². The van der Waals surface area contributed by atoms with Crippen LogP contribution in [0.5, 0.6) is 0 Å². The molecule has 0 atom stereocenters. The fourth-order valence-corrected chi connectivity index (χ4v) is 3.00. The van der Waals surface area contributed by atoms with Crippen molar-refractivity contribution in [3.8, 4) is 17.1 Å². The minimum absolute atomic E-state index is 0.712. The van der Waals surface area contributed by atoms with Crippen LogP contribution in [-0.2, 0) is 6.42 Å². The van der Waals surface area contributed by atoms with Gasteiger partial charge in [-0.1, -0.05) is 31.5 Å². The number of anilines is 1. The number of rotatable bonds is 4. The molecule has 0 spiro atoms. The van der Waals surface area contributed by atoms with E-state index in [1.807, 2.05) is 47.3 Å². The molecule has 0 fully saturated rings. The zero-order valence-corrected chi connectivity index (χ0v) is 13.0. The maximum atomic E-state index is 6.34. The molecule has 0 bridgehead atoms. The quantitative estimate of drug-likeness (QED) is 0.796. The molecular formula is C16H18N4S. The first-order valence-corrected chi connectivity index (χ1v) is 7.94. The molecule has 0 aliphatic rings. The number of para-hydroxylation sites is 1. The maximum Gasteiger partial charge on any atom is 0.131 e. The number of thiazole rings is 1. The van der Waals surface area contributed by atoms with E-state index >= 15 is 0 Å². The van der Waals surface area contributed by atoms with Crippen LogP contribution >= 0.6 is 11.3 Å². The van der Waals surface area contributed by atoms with Crippen molar-refractivity contribution >= 4 is 17.2 Å². The first-order valence-electron chi connectivity index (χ1n) is 7.06. The lowest BCUT2D eigenvalue weighted by molar-refractivity contribution is 0.891. The van der Waals surface area contributed by atoms with Crippen molar-refractivity contribution in [3.05, 3.63) is 46.3 Å². The summed E-state index contributed by atoms with van der Waals surface area (Å²) in [6.45, 7) is 4.15. The fraction of sp³-hybridized carbons (Fsp3) is 0.250. The highest BCUT2D eigenvalue weighted by atomic mass is 32.1. The van der Waals surface area contributed by atoms with Crippen LogP contribution < -0.4 is 5.73 Å². The van der Waals surface area contributed by atoms with Crippen LogP contribution in [-0.4, -0.2) is 14.8 Å². The molecule has 0 amide bonds. The number of benzene rings is 1. The van der Waals surface area contributed by atoms with Crippen LogP contribution in [0.2, 0.25) is 0 Å². The Kier molecular flexibility index (Phi) is 3.75. The Morgan fingerprint density at radius 1 is 1.24 bits per heavy atom. The van der Waals surface area contributed by atoms with Crippen LogP contribution in [0.25, 0.3) is 17.1 Å². The van der Waals surface area contributed by atoms with Gasteiger partial charge in [0.15, 0.2) is 0 Å². The Labute approximate surface area is 128 Å². The summed E-state index contributed by atoms with van der Waals surface area (Å²) >= 11 is 1.64. The summed E-state index contributed by atoms with van der Waals surface area (Å²) in [5.41, 5.74) is 10.2. The summed E-state index contributed by atoms with van der Waals surface area (Å²) in [6.07, 6.45) is 1.94. The van der Waals surface area contributed by atoms with E-state index in [-0.39, 0.29) is 0 Å². The van der Waals surface area contributed by atoms with Crippen molar-refractivity contribution in [3.63, 3.8) is 0 Å². The van der Waals surface area contributed by atoms with Gasteiger partial charge in [-0.25, -0.2) is 9.67 Å². The molecule has 2 aromatic heterocycles. The standard InChI is InChI=1S/C16H18N4S/c1-3-7-13-15(14-10-21-11(2)18-14)19-20(16(13)17)12-8-5-4-6-9-12/h4-6,8-10H,3,7,17H2,1-2H3. The van der Waals surface area contributed by atoms with Crippen molar-refractivity contribution < 1.29 is 0 Å². The summed E-state index contributed by atoms with van der Waals surface area (Å²) in [4.78, 5) is 4.56. The molecule has 1 aromatic carbocycles. The Balaban J connectivity index is 2.16. The highest BCUT2D eigenvalue weighted by molar-refractivity contribution is 7.09. The van der Waals surface area contributed by atoms with Crippen molar-refractivity contribution in [1.82, 2.24) is 14.8 Å². The molecule has 0 saturated carbocycles. The van der Waals surface area contributed by atoms with E-state index in [2.05, 4.69) is 11.9 Å². The van der Waals surface area contributed by atoms with Gasteiger partial charge in [-0.15, -0.1) is 11.3 Å². The Bertz CT molecular complexity index is 743. The van der Waals surface area contributed by atoms with Gasteiger partial charge in [-0.3, -0.25) is 0 Å². The van der Waals surface area contributed by atoms with Crippen LogP contribution in [0.1, 0.15) is 23.9 Å². The van der Waals surface area contributed by atoms with E-state index in [1.165, 1.54) is 0 Å². The average Bonchev–Trinajstić information content (AvgIpc) is 3.06. The Morgan fingerprint density at radius 2 is 2.00 bits per heavy atom. The first kappa shape index (κ1) is 13.8. The number of aromatic nitrogens is 3. The zero-order valence-electron chi connectivity index (χ0n) is 12.2. The van der Waals surface area contributed by atoms with E-state index in [1.54, 1.807) is 11.3 Å². The predicted octanol–water partition coefficient (Wildman–Crippen LogP) is 3.84. The molecule has 4 nitrogen and oxygen atoms in total. The predicted molar refractivity (Wildman–Crippen MR) is 87.8 cm³/mol. The summed E-state index contributed by atoms with van der Waals surface area (Å²) in [5, 5.41) is 7.81. The molecule has 5 heteroatoms. The van der Waals surface area contributed by atoms with Crippen molar-refractivity contribution in [2.24, 2.45) is 0 Å². The minimum atomic E-state index is 0.712. The smallest absolute Gasteiger partial charge is 0.131 e. The third-order valence-electron chi connectivity index (χ3n) is 3.39. The third-order valence-corrected chi connectivity index (χ3v) is 4.16. The Morgan fingerprint density at radius 3 is 2.62 bits per heavy atom. The van der Waals surface area contributed by atoms with E-state index in [0.717, 1.165) is 40.5 Å². The minimum Gasteiger partial charge on any atom is -0.383 e. The van der Waals surface area contributed by atoms with Gasteiger partial charge in [0.2, 0.25) is 0 Å². The van der Waals surface area contributed by atoms with Gasteiger partial charge in [0.05, 0.1) is 10.7 Å². The molecule has 21 heavy (non-hydrogen) atoms. The van der Waals surface area contributed by atoms with Gasteiger partial charge < -0.3 is 5.73 Å². The summed E-state index contributed by atoms with van der Waals surface area (Å²) in [7, 11) is 0. The molecule has 0 saturated heterocycles. The van der Waals surface area contributed by atoms with Gasteiger partial charge >= 0.3 is 0 Å².